The molecule has 20 heavy (non-hydrogen) atoms. The molecule has 0 saturated heterocycles. The predicted molar refractivity (Wildman–Crippen MR) is 76.3 cm³/mol. The minimum Gasteiger partial charge on any atom is -0.472 e. The van der Waals surface area contributed by atoms with E-state index in [1.807, 2.05) is 26.8 Å². The Balaban J connectivity index is 1.97. The molecule has 0 fully saturated rings. The summed E-state index contributed by atoms with van der Waals surface area (Å²) in [7, 11) is 0. The van der Waals surface area contributed by atoms with E-state index in [0.717, 1.165) is 35.1 Å². The maximum atomic E-state index is 5.14. The van der Waals surface area contributed by atoms with Crippen LogP contribution >= 0.6 is 0 Å². The van der Waals surface area contributed by atoms with Crippen LogP contribution in [-0.4, -0.2) is 17.7 Å². The Morgan fingerprint density at radius 1 is 1.35 bits per heavy atom. The van der Waals surface area contributed by atoms with Crippen molar-refractivity contribution >= 4 is 5.96 Å². The maximum Gasteiger partial charge on any atom is 0.191 e. The summed E-state index contributed by atoms with van der Waals surface area (Å²) in [5.41, 5.74) is 3.01. The lowest BCUT2D eigenvalue weighted by Crippen LogP contribution is -2.37. The average molecular weight is 276 g/mol. The number of nitrogens with one attached hydrogen (secondary N) is 2. The van der Waals surface area contributed by atoms with Gasteiger partial charge in [0.05, 0.1) is 24.8 Å². The third-order valence-corrected chi connectivity index (χ3v) is 2.96. The summed E-state index contributed by atoms with van der Waals surface area (Å²) in [6.07, 6.45) is 3.34. The van der Waals surface area contributed by atoms with Crippen molar-refractivity contribution in [2.75, 3.05) is 6.54 Å². The third-order valence-electron chi connectivity index (χ3n) is 2.96. The lowest BCUT2D eigenvalue weighted by molar-refractivity contribution is 0.392. The number of aliphatic imine (C=N–C) groups is 1. The number of nitrogens with zero attached hydrogens (tertiary/aromatic N) is 2. The van der Waals surface area contributed by atoms with Gasteiger partial charge < -0.3 is 19.6 Å². The fourth-order valence-corrected chi connectivity index (χ4v) is 1.82. The second-order valence-corrected chi connectivity index (χ2v) is 4.48. The van der Waals surface area contributed by atoms with Gasteiger partial charge in [-0.2, -0.15) is 0 Å². The Morgan fingerprint density at radius 3 is 2.80 bits per heavy atom. The molecule has 0 atom stereocenters. The second kappa shape index (κ2) is 6.79. The molecule has 0 aliphatic rings. The molecular formula is C14H20N4O2. The van der Waals surface area contributed by atoms with Crippen molar-refractivity contribution in [1.82, 2.24) is 15.8 Å². The Labute approximate surface area is 118 Å². The first kappa shape index (κ1) is 14.2. The summed E-state index contributed by atoms with van der Waals surface area (Å²) in [6, 6.07) is 1.90. The molecule has 108 valence electrons. The van der Waals surface area contributed by atoms with Crippen molar-refractivity contribution in [1.29, 1.82) is 0 Å². The van der Waals surface area contributed by atoms with Gasteiger partial charge in [-0.05, 0) is 26.8 Å². The summed E-state index contributed by atoms with van der Waals surface area (Å²) >= 11 is 0. The molecule has 2 heterocycles. The normalized spacial score (nSPS) is 11.7. The van der Waals surface area contributed by atoms with Crippen LogP contribution in [0, 0.1) is 13.8 Å². The highest BCUT2D eigenvalue weighted by molar-refractivity contribution is 5.79. The molecule has 0 aliphatic heterocycles. The van der Waals surface area contributed by atoms with E-state index < -0.39 is 0 Å². The molecule has 2 aromatic heterocycles. The van der Waals surface area contributed by atoms with Gasteiger partial charge in [0.15, 0.2) is 5.96 Å². The topological polar surface area (TPSA) is 75.6 Å². The van der Waals surface area contributed by atoms with Crippen LogP contribution in [0.2, 0.25) is 0 Å². The molecule has 0 saturated carbocycles. The Hall–Kier alpha value is -2.24. The van der Waals surface area contributed by atoms with E-state index in [4.69, 9.17) is 8.94 Å². The standard InChI is InChI=1S/C14H20N4O2/c1-4-15-14(16-7-12-5-6-19-9-12)17-8-13-10(2)18-20-11(13)3/h5-6,9H,4,7-8H2,1-3H3,(H2,15,16,17). The maximum absolute atomic E-state index is 5.14. The second-order valence-electron chi connectivity index (χ2n) is 4.48. The number of furan rings is 1. The zero-order valence-corrected chi connectivity index (χ0v) is 12.1. The fourth-order valence-electron chi connectivity index (χ4n) is 1.82. The Bertz CT molecular complexity index is 538. The van der Waals surface area contributed by atoms with Crippen molar-refractivity contribution in [3.05, 3.63) is 41.2 Å². The first-order chi connectivity index (χ1) is 9.70. The van der Waals surface area contributed by atoms with Crippen LogP contribution < -0.4 is 10.6 Å². The van der Waals surface area contributed by atoms with E-state index in [-0.39, 0.29) is 0 Å². The molecule has 2 rings (SSSR count). The van der Waals surface area contributed by atoms with Gasteiger partial charge in [0.25, 0.3) is 0 Å². The van der Waals surface area contributed by atoms with Crippen LogP contribution in [0.1, 0.15) is 29.5 Å². The van der Waals surface area contributed by atoms with Gasteiger partial charge in [-0.3, -0.25) is 0 Å². The third kappa shape index (κ3) is 3.63. The van der Waals surface area contributed by atoms with E-state index in [1.165, 1.54) is 0 Å². The average Bonchev–Trinajstić information content (AvgIpc) is 3.05. The minimum atomic E-state index is 0.577. The van der Waals surface area contributed by atoms with Gasteiger partial charge in [0, 0.05) is 24.2 Å². The van der Waals surface area contributed by atoms with Crippen LogP contribution in [0.4, 0.5) is 0 Å². The number of rotatable bonds is 5. The zero-order valence-electron chi connectivity index (χ0n) is 12.1. The van der Waals surface area contributed by atoms with Gasteiger partial charge >= 0.3 is 0 Å². The molecule has 6 heteroatoms. The molecule has 0 amide bonds. The van der Waals surface area contributed by atoms with Crippen LogP contribution in [0.15, 0.2) is 32.5 Å². The zero-order chi connectivity index (χ0) is 14.4. The van der Waals surface area contributed by atoms with Crippen molar-refractivity contribution in [3.63, 3.8) is 0 Å². The molecule has 0 aliphatic carbocycles. The van der Waals surface area contributed by atoms with Crippen LogP contribution in [-0.2, 0) is 13.1 Å². The monoisotopic (exact) mass is 276 g/mol. The van der Waals surface area contributed by atoms with Gasteiger partial charge in [-0.15, -0.1) is 0 Å². The highest BCUT2D eigenvalue weighted by atomic mass is 16.5. The van der Waals surface area contributed by atoms with Gasteiger partial charge in [-0.25, -0.2) is 4.99 Å². The molecular weight excluding hydrogens is 256 g/mol. The molecule has 0 radical (unpaired) electrons. The van der Waals surface area contributed by atoms with Crippen molar-refractivity contribution in [3.8, 4) is 0 Å². The molecule has 0 aromatic carbocycles. The summed E-state index contributed by atoms with van der Waals surface area (Å²) in [4.78, 5) is 4.50. The quantitative estimate of drug-likeness (QED) is 0.646. The summed E-state index contributed by atoms with van der Waals surface area (Å²) in [5, 5.41) is 10.4. The minimum absolute atomic E-state index is 0.577. The molecule has 2 N–H and O–H groups in total. The predicted octanol–water partition coefficient (Wildman–Crippen LogP) is 2.14. The van der Waals surface area contributed by atoms with E-state index >= 15 is 0 Å². The first-order valence-corrected chi connectivity index (χ1v) is 6.65. The molecule has 0 unspecified atom stereocenters. The van der Waals surface area contributed by atoms with E-state index in [9.17, 15) is 0 Å². The van der Waals surface area contributed by atoms with Crippen LogP contribution in [0.3, 0.4) is 0 Å². The molecule has 0 bridgehead atoms. The number of aromatic nitrogens is 1. The largest absolute Gasteiger partial charge is 0.472 e. The molecule has 6 nitrogen and oxygen atoms in total. The highest BCUT2D eigenvalue weighted by Crippen LogP contribution is 2.11. The van der Waals surface area contributed by atoms with Crippen molar-refractivity contribution in [2.45, 2.75) is 33.9 Å². The van der Waals surface area contributed by atoms with E-state index in [0.29, 0.717) is 13.1 Å². The Kier molecular flexibility index (Phi) is 4.81. The lowest BCUT2D eigenvalue weighted by atomic mass is 10.2. The Morgan fingerprint density at radius 2 is 2.20 bits per heavy atom. The smallest absolute Gasteiger partial charge is 0.191 e. The van der Waals surface area contributed by atoms with Crippen LogP contribution in [0.25, 0.3) is 0 Å². The van der Waals surface area contributed by atoms with Crippen molar-refractivity contribution < 1.29 is 8.94 Å². The van der Waals surface area contributed by atoms with Crippen LogP contribution in [0.5, 0.6) is 0 Å². The summed E-state index contributed by atoms with van der Waals surface area (Å²) < 4.78 is 10.2. The SMILES string of the molecule is CCNC(=NCc1ccoc1)NCc1c(C)noc1C. The fraction of sp³-hybridized carbons (Fsp3) is 0.429. The van der Waals surface area contributed by atoms with E-state index in [2.05, 4.69) is 20.8 Å². The van der Waals surface area contributed by atoms with Crippen molar-refractivity contribution in [2.24, 2.45) is 4.99 Å². The molecule has 0 spiro atoms. The van der Waals surface area contributed by atoms with E-state index in [1.54, 1.807) is 12.5 Å². The number of guanidine groups is 1. The summed E-state index contributed by atoms with van der Waals surface area (Å²) in [5.74, 6) is 1.59. The number of hydrogen-bond acceptors (Lipinski definition) is 4. The van der Waals surface area contributed by atoms with Gasteiger partial charge in [0.1, 0.15) is 5.76 Å². The number of aryl methyl sites for hydroxylation is 2. The van der Waals surface area contributed by atoms with Gasteiger partial charge in [-0.1, -0.05) is 5.16 Å². The van der Waals surface area contributed by atoms with Gasteiger partial charge in [0.2, 0.25) is 0 Å². The highest BCUT2D eigenvalue weighted by Gasteiger charge is 2.09. The first-order valence-electron chi connectivity index (χ1n) is 6.65. The number of hydrogen-bond donors (Lipinski definition) is 2. The summed E-state index contributed by atoms with van der Waals surface area (Å²) in [6.45, 7) is 7.89. The lowest BCUT2D eigenvalue weighted by Gasteiger charge is -2.10. The molecule has 2 aromatic rings.